The van der Waals surface area contributed by atoms with Crippen LogP contribution in [0.2, 0.25) is 0 Å². The number of azo groups is 1. The number of benzene rings is 3. The number of morpholine rings is 1. The van der Waals surface area contributed by atoms with E-state index < -0.39 is 10.9 Å². The lowest BCUT2D eigenvalue weighted by atomic mass is 10.1. The molecule has 5 rings (SSSR count). The van der Waals surface area contributed by atoms with Gasteiger partial charge in [-0.25, -0.2) is 9.79 Å². The highest BCUT2D eigenvalue weighted by Gasteiger charge is 2.25. The Kier molecular flexibility index (Phi) is 6.59. The van der Waals surface area contributed by atoms with E-state index in [1.165, 1.54) is 12.1 Å². The molecule has 0 unspecified atom stereocenters. The Hall–Kier alpha value is -4.70. The number of para-hydroxylation sites is 1. The molecule has 3 aromatic rings. The lowest BCUT2D eigenvalue weighted by molar-refractivity contribution is -0.385. The third-order valence-electron chi connectivity index (χ3n) is 5.67. The molecule has 1 fully saturated rings. The molecule has 10 heteroatoms. The normalized spacial score (nSPS) is 16.9. The second kappa shape index (κ2) is 10.3. The van der Waals surface area contributed by atoms with Crippen molar-refractivity contribution in [1.82, 2.24) is 0 Å². The van der Waals surface area contributed by atoms with Gasteiger partial charge in [-0.2, -0.15) is 10.2 Å². The van der Waals surface area contributed by atoms with E-state index in [1.54, 1.807) is 42.5 Å². The van der Waals surface area contributed by atoms with E-state index in [4.69, 9.17) is 9.47 Å². The molecule has 0 radical (unpaired) electrons. The minimum absolute atomic E-state index is 0.0106. The van der Waals surface area contributed by atoms with Crippen LogP contribution in [-0.2, 0) is 14.3 Å². The minimum Gasteiger partial charge on any atom is -0.402 e. The number of esters is 1. The molecule has 0 atom stereocenters. The first-order valence-electron chi connectivity index (χ1n) is 11.3. The van der Waals surface area contributed by atoms with E-state index in [-0.39, 0.29) is 22.8 Å². The summed E-state index contributed by atoms with van der Waals surface area (Å²) in [6.45, 7) is 3.21. The van der Waals surface area contributed by atoms with Crippen molar-refractivity contribution in [2.75, 3.05) is 31.2 Å². The zero-order valence-corrected chi connectivity index (χ0v) is 19.1. The largest absolute Gasteiger partial charge is 0.402 e. The summed E-state index contributed by atoms with van der Waals surface area (Å²) in [5, 5.41) is 19.8. The van der Waals surface area contributed by atoms with Crippen LogP contribution in [0.25, 0.3) is 6.08 Å². The number of anilines is 1. The van der Waals surface area contributed by atoms with Crippen LogP contribution in [0.4, 0.5) is 22.7 Å². The third-order valence-corrected chi connectivity index (χ3v) is 5.67. The zero-order chi connectivity index (χ0) is 24.9. The van der Waals surface area contributed by atoms with Crippen LogP contribution in [0.3, 0.4) is 0 Å². The number of nitro groups is 1. The Morgan fingerprint density at radius 2 is 1.56 bits per heavy atom. The highest BCUT2D eigenvalue weighted by atomic mass is 16.6. The van der Waals surface area contributed by atoms with Gasteiger partial charge in [0.1, 0.15) is 0 Å². The first-order chi connectivity index (χ1) is 17.6. The minimum atomic E-state index is -0.674. The van der Waals surface area contributed by atoms with E-state index in [1.807, 2.05) is 24.3 Å². The maximum absolute atomic E-state index is 12.3. The van der Waals surface area contributed by atoms with Gasteiger partial charge in [-0.15, -0.1) is 0 Å². The number of hydrogen-bond acceptors (Lipinski definition) is 9. The lowest BCUT2D eigenvalue weighted by Gasteiger charge is -2.28. The first kappa shape index (κ1) is 23.1. The molecular formula is C26H21N5O5. The number of ether oxygens (including phenoxy) is 2. The van der Waals surface area contributed by atoms with Gasteiger partial charge < -0.3 is 14.4 Å². The predicted octanol–water partition coefficient (Wildman–Crippen LogP) is 5.19. The maximum Gasteiger partial charge on any atom is 0.363 e. The summed E-state index contributed by atoms with van der Waals surface area (Å²) in [6.07, 6.45) is 1.35. The summed E-state index contributed by atoms with van der Waals surface area (Å²) in [6, 6.07) is 20.9. The van der Waals surface area contributed by atoms with Crippen LogP contribution in [0.15, 0.2) is 93.7 Å². The van der Waals surface area contributed by atoms with Crippen LogP contribution in [0.5, 0.6) is 0 Å². The monoisotopic (exact) mass is 483 g/mol. The topological polar surface area (TPSA) is 119 Å². The Morgan fingerprint density at radius 3 is 2.22 bits per heavy atom. The Bertz CT molecular complexity index is 1370. The average molecular weight is 483 g/mol. The fourth-order valence-electron chi connectivity index (χ4n) is 3.79. The maximum atomic E-state index is 12.3. The van der Waals surface area contributed by atoms with E-state index in [9.17, 15) is 14.9 Å². The molecule has 180 valence electrons. The number of aliphatic imine (C=N–C) groups is 1. The number of hydrogen-bond donors (Lipinski definition) is 0. The van der Waals surface area contributed by atoms with Crippen molar-refractivity contribution >= 4 is 40.7 Å². The molecular weight excluding hydrogens is 462 g/mol. The van der Waals surface area contributed by atoms with Crippen molar-refractivity contribution in [1.29, 1.82) is 0 Å². The summed E-state index contributed by atoms with van der Waals surface area (Å²) in [7, 11) is 0. The smallest absolute Gasteiger partial charge is 0.363 e. The molecule has 0 amide bonds. The van der Waals surface area contributed by atoms with Crippen LogP contribution >= 0.6 is 0 Å². The Morgan fingerprint density at radius 1 is 0.917 bits per heavy atom. The molecule has 1 saturated heterocycles. The van der Waals surface area contributed by atoms with Gasteiger partial charge in [-0.05, 0) is 60.7 Å². The second-order valence-corrected chi connectivity index (χ2v) is 8.01. The third kappa shape index (κ3) is 5.18. The number of cyclic esters (lactones) is 1. The fourth-order valence-corrected chi connectivity index (χ4v) is 3.79. The quantitative estimate of drug-likeness (QED) is 0.156. The van der Waals surface area contributed by atoms with Crippen molar-refractivity contribution in [3.63, 3.8) is 0 Å². The summed E-state index contributed by atoms with van der Waals surface area (Å²) >= 11 is 0. The molecule has 0 bridgehead atoms. The zero-order valence-electron chi connectivity index (χ0n) is 19.1. The van der Waals surface area contributed by atoms with Gasteiger partial charge in [-0.1, -0.05) is 12.1 Å². The van der Waals surface area contributed by atoms with Crippen molar-refractivity contribution in [3.8, 4) is 0 Å². The highest BCUT2D eigenvalue weighted by Crippen LogP contribution is 2.26. The van der Waals surface area contributed by atoms with Gasteiger partial charge in [0.05, 0.1) is 35.1 Å². The van der Waals surface area contributed by atoms with Gasteiger partial charge in [0.25, 0.3) is 5.69 Å². The molecule has 0 spiro atoms. The van der Waals surface area contributed by atoms with Crippen molar-refractivity contribution in [2.24, 2.45) is 15.2 Å². The summed E-state index contributed by atoms with van der Waals surface area (Å²) in [5.41, 5.74) is 3.20. The molecule has 36 heavy (non-hydrogen) atoms. The fraction of sp³-hybridized carbons (Fsp3) is 0.154. The SMILES string of the molecule is O=C1OC(c2ccc(N=Nc3ccc(N4CCOCC4)cc3)cc2)=N/C1=C/c1ccccc1[N+](=O)[O-]. The van der Waals surface area contributed by atoms with Crippen LogP contribution < -0.4 is 4.90 Å². The van der Waals surface area contributed by atoms with E-state index in [0.29, 0.717) is 11.3 Å². The number of rotatable bonds is 6. The molecule has 0 aliphatic carbocycles. The standard InChI is InChI=1S/C26H21N5O5/c32-26-23(17-19-3-1-2-4-24(19)31(33)34)27-25(36-26)18-5-7-20(8-6-18)28-29-21-9-11-22(12-10-21)30-13-15-35-16-14-30/h1-12,17H,13-16H2/b23-17+,29-28?. The average Bonchev–Trinajstić information content (AvgIpc) is 3.28. The van der Waals surface area contributed by atoms with Crippen molar-refractivity contribution < 1.29 is 19.2 Å². The summed E-state index contributed by atoms with van der Waals surface area (Å²) in [4.78, 5) is 29.5. The summed E-state index contributed by atoms with van der Waals surface area (Å²) < 4.78 is 10.7. The molecule has 0 saturated carbocycles. The van der Waals surface area contributed by atoms with Gasteiger partial charge in [0.15, 0.2) is 5.70 Å². The van der Waals surface area contributed by atoms with Gasteiger partial charge in [0, 0.05) is 30.4 Å². The Labute approximate surface area is 206 Å². The highest BCUT2D eigenvalue weighted by molar-refractivity contribution is 6.13. The van der Waals surface area contributed by atoms with Gasteiger partial charge in [-0.3, -0.25) is 10.1 Å². The predicted molar refractivity (Wildman–Crippen MR) is 134 cm³/mol. The number of nitro benzene ring substituents is 1. The van der Waals surface area contributed by atoms with Gasteiger partial charge >= 0.3 is 5.97 Å². The van der Waals surface area contributed by atoms with Gasteiger partial charge in [0.2, 0.25) is 5.90 Å². The molecule has 0 N–H and O–H groups in total. The van der Waals surface area contributed by atoms with E-state index >= 15 is 0 Å². The van der Waals surface area contributed by atoms with Crippen LogP contribution in [0.1, 0.15) is 11.1 Å². The van der Waals surface area contributed by atoms with E-state index in [2.05, 4.69) is 20.1 Å². The second-order valence-electron chi connectivity index (χ2n) is 8.01. The van der Waals surface area contributed by atoms with Crippen molar-refractivity contribution in [3.05, 3.63) is 99.7 Å². The molecule has 2 heterocycles. The molecule has 10 nitrogen and oxygen atoms in total. The first-order valence-corrected chi connectivity index (χ1v) is 11.3. The number of nitrogens with zero attached hydrogens (tertiary/aromatic N) is 5. The molecule has 3 aromatic carbocycles. The van der Waals surface area contributed by atoms with E-state index in [0.717, 1.165) is 37.7 Å². The lowest BCUT2D eigenvalue weighted by Crippen LogP contribution is -2.36. The number of carbonyl (C=O) groups excluding carboxylic acids is 1. The molecule has 0 aromatic heterocycles. The molecule has 2 aliphatic heterocycles. The summed E-state index contributed by atoms with van der Waals surface area (Å²) in [5.74, 6) is -0.556. The number of carbonyl (C=O) groups is 1. The van der Waals surface area contributed by atoms with Crippen LogP contribution in [0, 0.1) is 10.1 Å². The van der Waals surface area contributed by atoms with Crippen LogP contribution in [-0.4, -0.2) is 43.1 Å². The Balaban J connectivity index is 1.27. The van der Waals surface area contributed by atoms with Crippen molar-refractivity contribution in [2.45, 2.75) is 0 Å². The molecule has 2 aliphatic rings.